The number of rotatable bonds is 15. The molecule has 0 spiro atoms. The minimum absolute atomic E-state index is 0.0326. The molecule has 47 heavy (non-hydrogen) atoms. The second-order valence-corrected chi connectivity index (χ2v) is 11.5. The van der Waals surface area contributed by atoms with Gasteiger partial charge in [0.25, 0.3) is 0 Å². The highest BCUT2D eigenvalue weighted by Crippen LogP contribution is 2.39. The Morgan fingerprint density at radius 1 is 1.09 bits per heavy atom. The number of carbonyl (C=O) groups is 2. The molecule has 0 aliphatic carbocycles. The van der Waals surface area contributed by atoms with Crippen LogP contribution in [-0.2, 0) is 30.8 Å². The van der Waals surface area contributed by atoms with Crippen LogP contribution in [0.5, 0.6) is 23.0 Å². The summed E-state index contributed by atoms with van der Waals surface area (Å²) in [7, 11) is 3.13. The molecule has 11 heteroatoms. The average Bonchev–Trinajstić information content (AvgIpc) is 3.70. The molecule has 2 N–H and O–H groups in total. The molecule has 0 radical (unpaired) electrons. The maximum atomic E-state index is 13.2. The van der Waals surface area contributed by atoms with Crippen LogP contribution >= 0.6 is 11.6 Å². The number of hydrogen-bond donors (Lipinski definition) is 2. The molecule has 0 bridgehead atoms. The SMILES string of the molecule is CCCCn1ncc(/C=C(\Cc2cc3c(cc2OC)CCO3)C(=O)CO)c1-c1ccc(OC)cc1OCc1cccc(Cl)c1C(=O)O. The van der Waals surface area contributed by atoms with Gasteiger partial charge < -0.3 is 29.2 Å². The molecule has 0 fully saturated rings. The van der Waals surface area contributed by atoms with Crippen molar-refractivity contribution in [3.05, 3.63) is 93.1 Å². The fourth-order valence-corrected chi connectivity index (χ4v) is 5.88. The third-order valence-electron chi connectivity index (χ3n) is 8.04. The lowest BCUT2D eigenvalue weighted by Crippen LogP contribution is -2.11. The fourth-order valence-electron chi connectivity index (χ4n) is 5.60. The van der Waals surface area contributed by atoms with Gasteiger partial charge in [0.05, 0.1) is 43.3 Å². The molecule has 0 amide bonds. The summed E-state index contributed by atoms with van der Waals surface area (Å²) in [6.45, 7) is 2.52. The summed E-state index contributed by atoms with van der Waals surface area (Å²) >= 11 is 6.21. The molecule has 0 atom stereocenters. The Bertz CT molecular complexity index is 1810. The highest BCUT2D eigenvalue weighted by Gasteiger charge is 2.23. The summed E-state index contributed by atoms with van der Waals surface area (Å²) in [6.07, 6.45) is 6.18. The number of aliphatic hydroxyl groups excluding tert-OH is 1. The number of fused-ring (bicyclic) bond motifs is 1. The van der Waals surface area contributed by atoms with Gasteiger partial charge in [-0.2, -0.15) is 5.10 Å². The molecule has 2 heterocycles. The van der Waals surface area contributed by atoms with Gasteiger partial charge in [0.15, 0.2) is 5.78 Å². The maximum Gasteiger partial charge on any atom is 0.337 e. The first-order valence-corrected chi connectivity index (χ1v) is 15.7. The van der Waals surface area contributed by atoms with Crippen molar-refractivity contribution in [1.82, 2.24) is 9.78 Å². The molecule has 10 nitrogen and oxygen atoms in total. The minimum Gasteiger partial charge on any atom is -0.497 e. The number of carbonyl (C=O) groups excluding carboxylic acids is 1. The number of nitrogens with zero attached hydrogens (tertiary/aromatic N) is 2. The van der Waals surface area contributed by atoms with Crippen molar-refractivity contribution in [3.8, 4) is 34.3 Å². The summed E-state index contributed by atoms with van der Waals surface area (Å²) in [6, 6.07) is 14.0. The predicted octanol–water partition coefficient (Wildman–Crippen LogP) is 6.42. The second-order valence-electron chi connectivity index (χ2n) is 11.1. The number of aryl methyl sites for hydroxylation is 1. The number of Topliss-reactive ketones (excluding diaryl/α,β-unsaturated/α-hetero) is 1. The van der Waals surface area contributed by atoms with Crippen LogP contribution < -0.4 is 18.9 Å². The number of unbranched alkanes of at least 4 members (excludes halogenated alkanes) is 1. The number of aromatic carboxylic acids is 1. The van der Waals surface area contributed by atoms with Crippen LogP contribution in [0.25, 0.3) is 17.3 Å². The largest absolute Gasteiger partial charge is 0.497 e. The maximum absolute atomic E-state index is 13.2. The van der Waals surface area contributed by atoms with Crippen LogP contribution in [0.15, 0.2) is 60.3 Å². The molecule has 0 unspecified atom stereocenters. The van der Waals surface area contributed by atoms with E-state index in [2.05, 4.69) is 12.0 Å². The van der Waals surface area contributed by atoms with E-state index in [4.69, 9.17) is 30.5 Å². The molecule has 3 aromatic carbocycles. The lowest BCUT2D eigenvalue weighted by atomic mass is 9.96. The number of hydrogen-bond acceptors (Lipinski definition) is 8. The Labute approximate surface area is 278 Å². The van der Waals surface area contributed by atoms with E-state index >= 15 is 0 Å². The van der Waals surface area contributed by atoms with Crippen LogP contribution in [0.3, 0.4) is 0 Å². The summed E-state index contributed by atoms with van der Waals surface area (Å²) in [4.78, 5) is 25.2. The van der Waals surface area contributed by atoms with Gasteiger partial charge in [-0.05, 0) is 42.8 Å². The predicted molar refractivity (Wildman–Crippen MR) is 178 cm³/mol. The third-order valence-corrected chi connectivity index (χ3v) is 8.35. The number of methoxy groups -OCH3 is 2. The number of aromatic nitrogens is 2. The van der Waals surface area contributed by atoms with Crippen LogP contribution in [0, 0.1) is 0 Å². The first-order valence-electron chi connectivity index (χ1n) is 15.3. The minimum atomic E-state index is -1.15. The average molecular weight is 661 g/mol. The van der Waals surface area contributed by atoms with Crippen LogP contribution in [0.1, 0.15) is 52.4 Å². The lowest BCUT2D eigenvalue weighted by Gasteiger charge is -2.17. The van der Waals surface area contributed by atoms with Gasteiger partial charge >= 0.3 is 5.97 Å². The smallest absolute Gasteiger partial charge is 0.337 e. The normalized spacial score (nSPS) is 12.4. The van der Waals surface area contributed by atoms with Crippen molar-refractivity contribution in [2.75, 3.05) is 27.4 Å². The molecule has 246 valence electrons. The summed E-state index contributed by atoms with van der Waals surface area (Å²) < 4.78 is 25.1. The zero-order chi connectivity index (χ0) is 33.5. The van der Waals surface area contributed by atoms with Crippen LogP contribution in [0.4, 0.5) is 0 Å². The van der Waals surface area contributed by atoms with Crippen molar-refractivity contribution in [2.45, 2.75) is 45.8 Å². The number of ketones is 1. The van der Waals surface area contributed by atoms with E-state index in [0.717, 1.165) is 36.1 Å². The van der Waals surface area contributed by atoms with Gasteiger partial charge in [-0.25, -0.2) is 4.79 Å². The number of aliphatic hydroxyl groups is 1. The Morgan fingerprint density at radius 3 is 2.64 bits per heavy atom. The molecule has 1 aliphatic rings. The quantitative estimate of drug-likeness (QED) is 0.139. The molecule has 0 saturated heterocycles. The summed E-state index contributed by atoms with van der Waals surface area (Å²) in [5.41, 5.74) is 4.52. The molecular formula is C36H37ClN2O8. The molecule has 0 saturated carbocycles. The van der Waals surface area contributed by atoms with Crippen molar-refractivity contribution < 1.29 is 38.7 Å². The van der Waals surface area contributed by atoms with Crippen molar-refractivity contribution in [3.63, 3.8) is 0 Å². The number of carboxylic acid groups (broad SMARTS) is 1. The third kappa shape index (κ3) is 7.45. The van der Waals surface area contributed by atoms with E-state index in [-0.39, 0.29) is 23.6 Å². The first kappa shape index (κ1) is 33.6. The standard InChI is InChI=1S/C36H37ClN2O8/c1-4-5-12-39-35(28-10-9-27(44-2)18-33(28)47-21-23-7-6-8-29(37)34(23)36(42)43)26(19-38-39)15-24(30(41)20-40)14-25-17-32-22(11-13-46-32)16-31(25)45-3/h6-10,15-19,40H,4-5,11-14,20-21H2,1-3H3,(H,42,43)/b24-15+. The van der Waals surface area contributed by atoms with E-state index in [9.17, 15) is 19.8 Å². The van der Waals surface area contributed by atoms with Gasteiger partial charge in [0, 0.05) is 58.8 Å². The highest BCUT2D eigenvalue weighted by atomic mass is 35.5. The zero-order valence-electron chi connectivity index (χ0n) is 26.5. The fraction of sp³-hybridized carbons (Fsp3) is 0.306. The van der Waals surface area contributed by atoms with E-state index in [1.165, 1.54) is 6.07 Å². The van der Waals surface area contributed by atoms with Crippen LogP contribution in [-0.4, -0.2) is 59.2 Å². The van der Waals surface area contributed by atoms with Crippen molar-refractivity contribution >= 4 is 29.4 Å². The topological polar surface area (TPSA) is 129 Å². The zero-order valence-corrected chi connectivity index (χ0v) is 27.3. The number of benzene rings is 3. The molecular weight excluding hydrogens is 624 g/mol. The lowest BCUT2D eigenvalue weighted by molar-refractivity contribution is -0.118. The monoisotopic (exact) mass is 660 g/mol. The van der Waals surface area contributed by atoms with Crippen LogP contribution in [0.2, 0.25) is 5.02 Å². The van der Waals surface area contributed by atoms with Crippen molar-refractivity contribution in [2.24, 2.45) is 0 Å². The van der Waals surface area contributed by atoms with Gasteiger partial charge in [-0.1, -0.05) is 37.1 Å². The summed E-state index contributed by atoms with van der Waals surface area (Å²) in [5.74, 6) is 0.757. The van der Waals surface area contributed by atoms with Gasteiger partial charge in [0.2, 0.25) is 0 Å². The number of carboxylic acids is 1. The first-order chi connectivity index (χ1) is 22.8. The van der Waals surface area contributed by atoms with E-state index in [0.29, 0.717) is 58.4 Å². The van der Waals surface area contributed by atoms with E-state index < -0.39 is 18.4 Å². The number of halogens is 1. The van der Waals surface area contributed by atoms with Gasteiger partial charge in [0.1, 0.15) is 36.2 Å². The van der Waals surface area contributed by atoms with Gasteiger partial charge in [-0.15, -0.1) is 0 Å². The Balaban J connectivity index is 1.60. The second kappa shape index (κ2) is 15.2. The Hall–Kier alpha value is -4.80. The molecule has 1 aliphatic heterocycles. The van der Waals surface area contributed by atoms with Gasteiger partial charge in [-0.3, -0.25) is 9.48 Å². The number of ether oxygens (including phenoxy) is 4. The van der Waals surface area contributed by atoms with Crippen molar-refractivity contribution in [1.29, 1.82) is 0 Å². The molecule has 4 aromatic rings. The molecule has 1 aromatic heterocycles. The van der Waals surface area contributed by atoms with E-state index in [1.54, 1.807) is 50.8 Å². The van der Waals surface area contributed by atoms with E-state index in [1.807, 2.05) is 22.9 Å². The highest BCUT2D eigenvalue weighted by molar-refractivity contribution is 6.33. The Morgan fingerprint density at radius 2 is 1.91 bits per heavy atom. The Kier molecular flexibility index (Phi) is 10.8. The summed E-state index contributed by atoms with van der Waals surface area (Å²) in [5, 5.41) is 24.5. The molecule has 5 rings (SSSR count).